The van der Waals surface area contributed by atoms with Crippen molar-refractivity contribution in [3.63, 3.8) is 0 Å². The topological polar surface area (TPSA) is 419 Å². The van der Waals surface area contributed by atoms with Crippen LogP contribution in [0.25, 0.3) is 0 Å². The van der Waals surface area contributed by atoms with Crippen LogP contribution in [0.5, 0.6) is 0 Å². The van der Waals surface area contributed by atoms with Crippen LogP contribution in [0, 0.1) is 23.2 Å². The number of ether oxygens (including phenoxy) is 2. The average Bonchev–Trinajstić information content (AvgIpc) is 0.760. The molecule has 30 heteroatoms. The van der Waals surface area contributed by atoms with E-state index in [0.717, 1.165) is 33.4 Å². The highest BCUT2D eigenvalue weighted by atomic mass is 32.2. The number of rotatable bonds is 45. The van der Waals surface area contributed by atoms with Crippen molar-refractivity contribution in [2.24, 2.45) is 28.9 Å². The molecule has 0 aliphatic carbocycles. The van der Waals surface area contributed by atoms with E-state index in [0.29, 0.717) is 0 Å². The first-order chi connectivity index (χ1) is 56.4. The van der Waals surface area contributed by atoms with Crippen LogP contribution in [-0.2, 0) is 81.3 Å². The summed E-state index contributed by atoms with van der Waals surface area (Å²) in [5.41, 5.74) is 10.4. The number of carbonyl (C=O) groups excluding carboxylic acids is 11. The second-order valence-corrected chi connectivity index (χ2v) is 36.2. The molecule has 120 heavy (non-hydrogen) atoms. The second kappa shape index (κ2) is 45.8. The smallest absolute Gasteiger partial charge is 0.330 e. The summed E-state index contributed by atoms with van der Waals surface area (Å²) in [6.07, 6.45) is -2.62. The molecule has 0 saturated carbocycles. The van der Waals surface area contributed by atoms with Crippen LogP contribution in [0.1, 0.15) is 163 Å². The molecule has 10 atom stereocenters. The maximum Gasteiger partial charge on any atom is 0.330 e. The van der Waals surface area contributed by atoms with Gasteiger partial charge in [-0.2, -0.15) is 0 Å². The Hall–Kier alpha value is -10.5. The maximum atomic E-state index is 15.4. The first kappa shape index (κ1) is 98.3. The monoisotopic (exact) mass is 1690 g/mol. The summed E-state index contributed by atoms with van der Waals surface area (Å²) in [5.74, 6) is -13.3. The maximum absolute atomic E-state index is 15.4. The highest BCUT2D eigenvalue weighted by molar-refractivity contribution is 8.01. The van der Waals surface area contributed by atoms with Crippen LogP contribution < -0.4 is 59.1 Å². The third kappa shape index (κ3) is 30.0. The van der Waals surface area contributed by atoms with E-state index >= 15 is 24.0 Å². The summed E-state index contributed by atoms with van der Waals surface area (Å²) in [6.45, 7) is 24.8. The van der Waals surface area contributed by atoms with Crippen molar-refractivity contribution in [1.82, 2.24) is 53.3 Å². The number of aliphatic hydroxyl groups excluding tert-OH is 1. The van der Waals surface area contributed by atoms with E-state index in [1.54, 1.807) is 104 Å². The highest BCUT2D eigenvalue weighted by Gasteiger charge is 2.44. The van der Waals surface area contributed by atoms with E-state index in [2.05, 4.69) is 53.3 Å². The lowest BCUT2D eigenvalue weighted by Gasteiger charge is -2.37. The van der Waals surface area contributed by atoms with Crippen molar-refractivity contribution in [1.29, 1.82) is 0 Å². The zero-order valence-electron chi connectivity index (χ0n) is 71.4. The molecule has 0 radical (unpaired) electrons. The van der Waals surface area contributed by atoms with Crippen LogP contribution in [-0.4, -0.2) is 184 Å². The number of hydroxylamine groups is 1. The summed E-state index contributed by atoms with van der Waals surface area (Å²) in [5, 5.41) is 44.7. The van der Waals surface area contributed by atoms with Crippen LogP contribution in [0.4, 0.5) is 0 Å². The molecule has 0 spiro atoms. The molecule has 0 heterocycles. The number of hydrogen-bond acceptors (Lipinski definition) is 19. The second-order valence-electron chi connectivity index (χ2n) is 33.7. The third-order valence-electron chi connectivity index (χ3n) is 18.9. The van der Waals surface area contributed by atoms with E-state index in [4.69, 9.17) is 20.0 Å². The standard InChI is InChI=1S/C90H121N11O17S2/c1-55(2)47-65(76(106)92-50-73(104)105)95-83(113)74(57(5)6)99-81(111)70(53-119-89(59-35-23-17-24-36-59,60-37-25-18-26-38-60)61-39-27-19-28-40-61)98-84(114)75(58(7)102)100-80(110)69(52-117-88(14,15)16)96-77(107)66(48-56(3)4)93-78(108)67(49-72(91)103)94-79(109)68(51-116-87(11,12)13)97-82(112)71(101-118-85(115)86(8,9)10)54-120-90(62-41-29-20-30-42-62,63-43-31-21-32-44-63)64-45-33-22-34-46-64/h17-46,55-58,65-71,74-75,101-102H,47-54H2,1-16H3,(H2,91,103)(H,92,106)(H,93,108)(H,94,109)(H,95,113)(H,96,107)(H,97,112)(H,98,114)(H,99,111)(H,100,110)(H,104,105)/t58-,65+,66+,67+,68+,69+,70+,71+,74+,75+/m1/s1. The summed E-state index contributed by atoms with van der Waals surface area (Å²) in [6, 6.07) is 42.9. The van der Waals surface area contributed by atoms with E-state index in [-0.39, 0.29) is 36.2 Å². The normalized spacial score (nSPS) is 14.5. The van der Waals surface area contributed by atoms with Crippen molar-refractivity contribution in [2.45, 2.75) is 211 Å². The Bertz CT molecular complexity index is 4170. The van der Waals surface area contributed by atoms with Gasteiger partial charge in [-0.15, -0.1) is 29.0 Å². The predicted octanol–water partition coefficient (Wildman–Crippen LogP) is 7.61. The van der Waals surface area contributed by atoms with Gasteiger partial charge in [0.15, 0.2) is 0 Å². The van der Waals surface area contributed by atoms with E-state index in [1.807, 2.05) is 182 Å². The van der Waals surface area contributed by atoms with Gasteiger partial charge in [-0.25, -0.2) is 4.79 Å². The van der Waals surface area contributed by atoms with Crippen molar-refractivity contribution < 1.29 is 82.1 Å². The van der Waals surface area contributed by atoms with Crippen molar-refractivity contribution in [3.05, 3.63) is 215 Å². The molecule has 28 nitrogen and oxygen atoms in total. The Morgan fingerprint density at radius 2 is 0.667 bits per heavy atom. The molecule has 14 N–H and O–H groups in total. The van der Waals surface area contributed by atoms with Gasteiger partial charge in [0, 0.05) is 11.5 Å². The van der Waals surface area contributed by atoms with Gasteiger partial charge in [0.25, 0.3) is 0 Å². The third-order valence-corrected chi connectivity index (χ3v) is 22.2. The average molecular weight is 1690 g/mol. The number of carboxylic acid groups (broad SMARTS) is 1. The lowest BCUT2D eigenvalue weighted by molar-refractivity contribution is -0.163. The number of aliphatic hydroxyl groups is 1. The zero-order chi connectivity index (χ0) is 88.9. The van der Waals surface area contributed by atoms with Gasteiger partial charge < -0.3 is 78.1 Å². The molecular formula is C90H121N11O17S2. The minimum absolute atomic E-state index is 0.0909. The summed E-state index contributed by atoms with van der Waals surface area (Å²) >= 11 is 2.62. The molecular weight excluding hydrogens is 1570 g/mol. The highest BCUT2D eigenvalue weighted by Crippen LogP contribution is 2.50. The van der Waals surface area contributed by atoms with E-state index < -0.39 is 190 Å². The van der Waals surface area contributed by atoms with Gasteiger partial charge in [0.1, 0.15) is 60.9 Å². The van der Waals surface area contributed by atoms with Gasteiger partial charge in [-0.3, -0.25) is 52.7 Å². The quantitative estimate of drug-likeness (QED) is 0.0129. The Morgan fingerprint density at radius 3 is 1.01 bits per heavy atom. The molecule has 0 fully saturated rings. The number of carbonyl (C=O) groups is 12. The number of aliphatic carboxylic acids is 1. The Morgan fingerprint density at radius 1 is 0.375 bits per heavy atom. The number of hydrogen-bond donors (Lipinski definition) is 13. The molecule has 0 unspecified atom stereocenters. The summed E-state index contributed by atoms with van der Waals surface area (Å²) < 4.78 is 10.1. The zero-order valence-corrected chi connectivity index (χ0v) is 73.0. The number of benzene rings is 6. The fraction of sp³-hybridized carbons (Fsp3) is 0.467. The van der Waals surface area contributed by atoms with Crippen LogP contribution >= 0.6 is 23.5 Å². The fourth-order valence-corrected chi connectivity index (χ4v) is 15.9. The van der Waals surface area contributed by atoms with Crippen LogP contribution in [0.15, 0.2) is 182 Å². The lowest BCUT2D eigenvalue weighted by atomic mass is 9.84. The molecule has 0 bridgehead atoms. The summed E-state index contributed by atoms with van der Waals surface area (Å²) in [4.78, 5) is 177. The first-order valence-corrected chi connectivity index (χ1v) is 42.2. The van der Waals surface area contributed by atoms with Gasteiger partial charge >= 0.3 is 11.9 Å². The van der Waals surface area contributed by atoms with Crippen LogP contribution in [0.2, 0.25) is 0 Å². The lowest BCUT2D eigenvalue weighted by Crippen LogP contribution is -2.63. The predicted molar refractivity (Wildman–Crippen MR) is 463 cm³/mol. The van der Waals surface area contributed by atoms with Crippen molar-refractivity contribution in [3.8, 4) is 0 Å². The molecule has 650 valence electrons. The van der Waals surface area contributed by atoms with Crippen LogP contribution in [0.3, 0.4) is 0 Å². The Balaban J connectivity index is 1.33. The molecule has 10 amide bonds. The van der Waals surface area contributed by atoms with E-state index in [1.165, 1.54) is 30.4 Å². The van der Waals surface area contributed by atoms with Gasteiger partial charge in [0.05, 0.1) is 51.8 Å². The number of nitrogens with one attached hydrogen (secondary N) is 10. The SMILES string of the molecule is CC(C)C[C@H](NC(=O)[C@H](CC(N)=O)NC(=O)[C@H](COC(C)(C)C)NC(=O)[C@H](CSC(c1ccccc1)(c1ccccc1)c1ccccc1)NOC(=O)C(C)(C)C)C(=O)N[C@@H](COC(C)(C)C)C(=O)N[C@H](C(=O)N[C@@H](CSC(c1ccccc1)(c1ccccc1)c1ccccc1)C(=O)N[C@H](C(=O)N[C@@H](CC(C)C)C(=O)NCC(=O)O)C(C)C)[C@@H](C)O. The first-order valence-electron chi connectivity index (χ1n) is 40.2. The minimum atomic E-state index is -1.91. The van der Waals surface area contributed by atoms with Crippen molar-refractivity contribution >= 4 is 94.5 Å². The molecule has 6 rings (SSSR count). The number of carboxylic acids is 1. The molecule has 0 saturated heterocycles. The Labute approximate surface area is 712 Å². The Kier molecular flexibility index (Phi) is 37.5. The number of primary amides is 1. The van der Waals surface area contributed by atoms with E-state index in [9.17, 15) is 43.8 Å². The molecule has 0 aliphatic heterocycles. The molecule has 0 aromatic heterocycles. The minimum Gasteiger partial charge on any atom is -0.480 e. The van der Waals surface area contributed by atoms with Crippen molar-refractivity contribution in [2.75, 3.05) is 31.3 Å². The summed E-state index contributed by atoms with van der Waals surface area (Å²) in [7, 11) is 0. The fourth-order valence-electron chi connectivity index (χ4n) is 12.8. The number of thioether (sulfide) groups is 2. The van der Waals surface area contributed by atoms with Gasteiger partial charge in [-0.1, -0.05) is 224 Å². The number of amides is 10. The van der Waals surface area contributed by atoms with Gasteiger partial charge in [0.2, 0.25) is 59.1 Å². The number of nitrogens with two attached hydrogens (primary N) is 1. The molecule has 6 aromatic carbocycles. The largest absolute Gasteiger partial charge is 0.480 e. The molecule has 0 aliphatic rings. The molecule has 6 aromatic rings. The van der Waals surface area contributed by atoms with Gasteiger partial charge in [-0.05, 0) is 133 Å².